The van der Waals surface area contributed by atoms with Crippen molar-refractivity contribution in [1.82, 2.24) is 30.5 Å². The van der Waals surface area contributed by atoms with Crippen LogP contribution in [0.25, 0.3) is 22.4 Å². The Hall–Kier alpha value is -5.23. The highest BCUT2D eigenvalue weighted by Crippen LogP contribution is 2.34. The summed E-state index contributed by atoms with van der Waals surface area (Å²) in [6.45, 7) is 11.3. The number of hydrogen-bond acceptors (Lipinski definition) is 8. The van der Waals surface area contributed by atoms with Gasteiger partial charge in [-0.2, -0.15) is 0 Å². The van der Waals surface area contributed by atoms with Crippen molar-refractivity contribution >= 4 is 29.4 Å². The van der Waals surface area contributed by atoms with Crippen LogP contribution in [0.2, 0.25) is 0 Å². The van der Waals surface area contributed by atoms with E-state index in [4.69, 9.17) is 4.74 Å². The zero-order chi connectivity index (χ0) is 35.4. The van der Waals surface area contributed by atoms with Crippen LogP contribution < -0.4 is 20.9 Å². The Morgan fingerprint density at radius 3 is 2.44 bits per heavy atom. The van der Waals surface area contributed by atoms with Crippen LogP contribution in [0.5, 0.6) is 0 Å². The number of carbonyl (C=O) groups is 3. The van der Waals surface area contributed by atoms with Crippen molar-refractivity contribution < 1.29 is 19.1 Å². The van der Waals surface area contributed by atoms with Crippen LogP contribution >= 0.6 is 0 Å². The molecule has 2 aliphatic heterocycles. The molecule has 0 saturated carbocycles. The van der Waals surface area contributed by atoms with Gasteiger partial charge in [0.05, 0.1) is 30.6 Å². The molecule has 0 bridgehead atoms. The molecule has 2 fully saturated rings. The number of aromatic amines is 1. The molecule has 3 amide bonds. The third kappa shape index (κ3) is 7.50. The van der Waals surface area contributed by atoms with Crippen molar-refractivity contribution in [2.24, 2.45) is 5.92 Å². The molecule has 2 saturated heterocycles. The smallest absolute Gasteiger partial charge is 0.407 e. The third-order valence-electron chi connectivity index (χ3n) is 9.64. The summed E-state index contributed by atoms with van der Waals surface area (Å²) in [6, 6.07) is 17.4. The molecule has 2 aliphatic rings. The zero-order valence-electron chi connectivity index (χ0n) is 29.3. The Labute approximate surface area is 293 Å². The topological polar surface area (TPSA) is 145 Å². The number of amides is 3. The number of piperazine rings is 1. The fourth-order valence-electron chi connectivity index (χ4n) is 6.82. The maximum Gasteiger partial charge on any atom is 0.407 e. The Balaban J connectivity index is 1.10. The van der Waals surface area contributed by atoms with Crippen molar-refractivity contribution in [3.8, 4) is 22.4 Å². The fourth-order valence-corrected chi connectivity index (χ4v) is 6.82. The summed E-state index contributed by atoms with van der Waals surface area (Å²) in [4.78, 5) is 55.2. The molecule has 12 heteroatoms. The Bertz CT molecular complexity index is 1820. The number of alkyl carbamates (subject to hydrolysis) is 1. The predicted octanol–water partition coefficient (Wildman–Crippen LogP) is 5.54. The molecule has 2 aromatic heterocycles. The van der Waals surface area contributed by atoms with Crippen LogP contribution in [0.1, 0.15) is 61.4 Å². The van der Waals surface area contributed by atoms with E-state index in [1.807, 2.05) is 68.1 Å². The van der Waals surface area contributed by atoms with Crippen molar-refractivity contribution in [3.63, 3.8) is 0 Å². The highest BCUT2D eigenvalue weighted by atomic mass is 16.5. The maximum absolute atomic E-state index is 13.5. The Morgan fingerprint density at radius 1 is 0.980 bits per heavy atom. The SMILES string of the molecule is COC(=O)NC(C(=O)N1CCCC1c1ncc(-c2ccc(-c3ccc(NC(=O)c4ccc(N5CCNCC5C)nc4)cc3C)cc2)[nH]1)C(C)C. The summed E-state index contributed by atoms with van der Waals surface area (Å²) >= 11 is 0. The highest BCUT2D eigenvalue weighted by Gasteiger charge is 2.37. The summed E-state index contributed by atoms with van der Waals surface area (Å²) in [6.07, 6.45) is 4.46. The van der Waals surface area contributed by atoms with E-state index in [0.717, 1.165) is 77.8 Å². The van der Waals surface area contributed by atoms with Crippen molar-refractivity contribution in [3.05, 3.63) is 83.9 Å². The summed E-state index contributed by atoms with van der Waals surface area (Å²) < 4.78 is 4.75. The number of methoxy groups -OCH3 is 1. The lowest BCUT2D eigenvalue weighted by Gasteiger charge is -2.34. The van der Waals surface area contributed by atoms with E-state index in [9.17, 15) is 14.4 Å². The van der Waals surface area contributed by atoms with E-state index in [0.29, 0.717) is 18.2 Å². The van der Waals surface area contributed by atoms with Gasteiger partial charge in [0.2, 0.25) is 5.91 Å². The van der Waals surface area contributed by atoms with Gasteiger partial charge in [0.15, 0.2) is 0 Å². The number of ether oxygens (including phenoxy) is 1. The van der Waals surface area contributed by atoms with E-state index >= 15 is 0 Å². The average molecular weight is 679 g/mol. The number of likely N-dealkylation sites (tertiary alicyclic amines) is 1. The molecular weight excluding hydrogens is 632 g/mol. The van der Waals surface area contributed by atoms with Gasteiger partial charge in [-0.1, -0.05) is 44.2 Å². The van der Waals surface area contributed by atoms with Crippen LogP contribution in [0.3, 0.4) is 0 Å². The first kappa shape index (κ1) is 34.6. The lowest BCUT2D eigenvalue weighted by atomic mass is 9.98. The van der Waals surface area contributed by atoms with E-state index in [1.165, 1.54) is 7.11 Å². The van der Waals surface area contributed by atoms with Gasteiger partial charge in [0, 0.05) is 44.1 Å². The summed E-state index contributed by atoms with van der Waals surface area (Å²) in [7, 11) is 1.29. The minimum atomic E-state index is -0.680. The molecule has 50 heavy (non-hydrogen) atoms. The van der Waals surface area contributed by atoms with Crippen LogP contribution in [0, 0.1) is 12.8 Å². The molecular formula is C38H46N8O4. The maximum atomic E-state index is 13.5. The second-order valence-corrected chi connectivity index (χ2v) is 13.4. The first-order valence-corrected chi connectivity index (χ1v) is 17.3. The number of aryl methyl sites for hydroxylation is 1. The normalized spacial score (nSPS) is 18.2. The van der Waals surface area contributed by atoms with Crippen LogP contribution in [0.4, 0.5) is 16.3 Å². The van der Waals surface area contributed by atoms with Gasteiger partial charge in [0.25, 0.3) is 5.91 Å². The van der Waals surface area contributed by atoms with E-state index < -0.39 is 12.1 Å². The van der Waals surface area contributed by atoms with E-state index in [-0.39, 0.29) is 23.8 Å². The van der Waals surface area contributed by atoms with Gasteiger partial charge in [0.1, 0.15) is 17.7 Å². The number of nitrogens with zero attached hydrogens (tertiary/aromatic N) is 4. The first-order chi connectivity index (χ1) is 24.1. The number of anilines is 2. The number of aromatic nitrogens is 3. The number of H-pyrrole nitrogens is 1. The highest BCUT2D eigenvalue weighted by molar-refractivity contribution is 6.04. The molecule has 3 atom stereocenters. The van der Waals surface area contributed by atoms with E-state index in [1.54, 1.807) is 12.4 Å². The Morgan fingerprint density at radius 2 is 1.76 bits per heavy atom. The minimum Gasteiger partial charge on any atom is -0.453 e. The molecule has 262 valence electrons. The molecule has 2 aromatic carbocycles. The zero-order valence-corrected chi connectivity index (χ0v) is 29.3. The van der Waals surface area contributed by atoms with Gasteiger partial charge >= 0.3 is 6.09 Å². The molecule has 4 N–H and O–H groups in total. The number of pyridine rings is 1. The molecule has 4 heterocycles. The number of rotatable bonds is 9. The van der Waals surface area contributed by atoms with Gasteiger partial charge < -0.3 is 35.5 Å². The molecule has 12 nitrogen and oxygen atoms in total. The lowest BCUT2D eigenvalue weighted by Crippen LogP contribution is -2.51. The number of imidazole rings is 1. The average Bonchev–Trinajstić information content (AvgIpc) is 3.81. The summed E-state index contributed by atoms with van der Waals surface area (Å²) in [5.74, 6) is 1.18. The van der Waals surface area contributed by atoms with Crippen LogP contribution in [0.15, 0.2) is 67.0 Å². The monoisotopic (exact) mass is 678 g/mol. The van der Waals surface area contributed by atoms with E-state index in [2.05, 4.69) is 54.9 Å². The molecule has 4 aromatic rings. The largest absolute Gasteiger partial charge is 0.453 e. The number of nitrogens with one attached hydrogen (secondary N) is 4. The molecule has 0 aliphatic carbocycles. The molecule has 0 radical (unpaired) electrons. The number of hydrogen-bond donors (Lipinski definition) is 4. The van der Waals surface area contributed by atoms with Crippen LogP contribution in [-0.2, 0) is 9.53 Å². The molecule has 0 spiro atoms. The van der Waals surface area contributed by atoms with Gasteiger partial charge in [-0.05, 0) is 79.1 Å². The van der Waals surface area contributed by atoms with Crippen molar-refractivity contribution in [2.45, 2.75) is 58.7 Å². The first-order valence-electron chi connectivity index (χ1n) is 17.3. The molecule has 6 rings (SSSR count). The quantitative estimate of drug-likeness (QED) is 0.181. The van der Waals surface area contributed by atoms with Gasteiger partial charge in [-0.15, -0.1) is 0 Å². The minimum absolute atomic E-state index is 0.0977. The van der Waals surface area contributed by atoms with Crippen molar-refractivity contribution in [2.75, 3.05) is 43.5 Å². The van der Waals surface area contributed by atoms with Crippen LogP contribution in [-0.4, -0.2) is 83.1 Å². The Kier molecular flexibility index (Phi) is 10.5. The third-order valence-corrected chi connectivity index (χ3v) is 9.64. The summed E-state index contributed by atoms with van der Waals surface area (Å²) in [5, 5.41) is 9.09. The standard InChI is InChI=1S/C38H46N8O4/c1-23(2)34(44-38(49)50-5)37(48)46-17-6-7-32(46)35-41-22-31(43-35)27-10-8-26(9-11-27)30-14-13-29(19-24(30)3)42-36(47)28-12-15-33(40-21-28)45-18-16-39-20-25(45)4/h8-15,19,21-23,25,32,34,39H,6-7,16-18,20H2,1-5H3,(H,41,43)(H,42,47)(H,44,49). The number of benzene rings is 2. The second-order valence-electron chi connectivity index (χ2n) is 13.4. The van der Waals surface area contributed by atoms with Gasteiger partial charge in [-0.3, -0.25) is 9.59 Å². The number of carbonyl (C=O) groups excluding carboxylic acids is 3. The van der Waals surface area contributed by atoms with Gasteiger partial charge in [-0.25, -0.2) is 14.8 Å². The lowest BCUT2D eigenvalue weighted by molar-refractivity contribution is -0.135. The molecule has 3 unspecified atom stereocenters. The summed E-state index contributed by atoms with van der Waals surface area (Å²) in [5.41, 5.74) is 6.22. The van der Waals surface area contributed by atoms with Crippen molar-refractivity contribution in [1.29, 1.82) is 0 Å². The predicted molar refractivity (Wildman–Crippen MR) is 194 cm³/mol. The fraction of sp³-hybridized carbons (Fsp3) is 0.395. The second kappa shape index (κ2) is 15.1.